The highest BCUT2D eigenvalue weighted by molar-refractivity contribution is 5.98. The van der Waals surface area contributed by atoms with Gasteiger partial charge in [0.25, 0.3) is 5.91 Å². The van der Waals surface area contributed by atoms with Crippen LogP contribution >= 0.6 is 0 Å². The van der Waals surface area contributed by atoms with Gasteiger partial charge in [-0.15, -0.1) is 0 Å². The van der Waals surface area contributed by atoms with E-state index in [0.717, 1.165) is 0 Å². The van der Waals surface area contributed by atoms with Gasteiger partial charge in [-0.1, -0.05) is 13.0 Å². The van der Waals surface area contributed by atoms with Crippen molar-refractivity contribution in [1.29, 1.82) is 0 Å². The molecule has 0 bridgehead atoms. The fraction of sp³-hybridized carbons (Fsp3) is 0.417. The summed E-state index contributed by atoms with van der Waals surface area (Å²) in [6.07, 6.45) is 0.582. The normalized spacial score (nSPS) is 14.1. The molecule has 5 nitrogen and oxygen atoms in total. The highest BCUT2D eigenvalue weighted by Gasteiger charge is 2.25. The first kappa shape index (κ1) is 13.3. The SMILES string of the molecule is CCC(C)(CO)NC(=O)c1cccc(N)c1O. The summed E-state index contributed by atoms with van der Waals surface area (Å²) in [6.45, 7) is 3.42. The second-order valence-electron chi connectivity index (χ2n) is 4.27. The van der Waals surface area contributed by atoms with Gasteiger partial charge in [0.2, 0.25) is 0 Å². The fourth-order valence-electron chi connectivity index (χ4n) is 1.33. The minimum absolute atomic E-state index is 0.109. The molecule has 5 N–H and O–H groups in total. The van der Waals surface area contributed by atoms with Crippen LogP contribution in [-0.2, 0) is 0 Å². The van der Waals surface area contributed by atoms with E-state index in [1.807, 2.05) is 6.92 Å². The molecule has 1 amide bonds. The van der Waals surface area contributed by atoms with Crippen molar-refractivity contribution < 1.29 is 15.0 Å². The molecule has 94 valence electrons. The van der Waals surface area contributed by atoms with E-state index in [2.05, 4.69) is 5.32 Å². The van der Waals surface area contributed by atoms with Crippen LogP contribution in [0.15, 0.2) is 18.2 Å². The van der Waals surface area contributed by atoms with Crippen LogP contribution < -0.4 is 11.1 Å². The van der Waals surface area contributed by atoms with Crippen LogP contribution in [0.5, 0.6) is 5.75 Å². The van der Waals surface area contributed by atoms with Crippen LogP contribution in [0.4, 0.5) is 5.69 Å². The van der Waals surface area contributed by atoms with Gasteiger partial charge in [0, 0.05) is 0 Å². The van der Waals surface area contributed by atoms with E-state index in [4.69, 9.17) is 5.73 Å². The first-order valence-corrected chi connectivity index (χ1v) is 5.44. The standard InChI is InChI=1S/C12H18N2O3/c1-3-12(2,7-15)14-11(17)8-5-4-6-9(13)10(8)16/h4-6,15-16H,3,7,13H2,1-2H3,(H,14,17). The van der Waals surface area contributed by atoms with Crippen molar-refractivity contribution >= 4 is 11.6 Å². The Labute approximate surface area is 100 Å². The van der Waals surface area contributed by atoms with Crippen LogP contribution in [0.25, 0.3) is 0 Å². The Morgan fingerprint density at radius 2 is 2.18 bits per heavy atom. The predicted octanol–water partition coefficient (Wildman–Crippen LogP) is 0.865. The van der Waals surface area contributed by atoms with Crippen molar-refractivity contribution in [2.24, 2.45) is 0 Å². The molecule has 1 aromatic carbocycles. The molecule has 1 unspecified atom stereocenters. The molecule has 0 aliphatic carbocycles. The third kappa shape index (κ3) is 2.88. The largest absolute Gasteiger partial charge is 0.505 e. The van der Waals surface area contributed by atoms with E-state index in [0.29, 0.717) is 6.42 Å². The number of aromatic hydroxyl groups is 1. The monoisotopic (exact) mass is 238 g/mol. The highest BCUT2D eigenvalue weighted by atomic mass is 16.3. The van der Waals surface area contributed by atoms with Crippen molar-refractivity contribution in [3.63, 3.8) is 0 Å². The number of benzene rings is 1. The zero-order chi connectivity index (χ0) is 13.1. The van der Waals surface area contributed by atoms with E-state index < -0.39 is 11.4 Å². The minimum Gasteiger partial charge on any atom is -0.505 e. The number of hydrogen-bond donors (Lipinski definition) is 4. The summed E-state index contributed by atoms with van der Waals surface area (Å²) in [6, 6.07) is 4.58. The summed E-state index contributed by atoms with van der Waals surface area (Å²) >= 11 is 0. The van der Waals surface area contributed by atoms with Gasteiger partial charge in [0.1, 0.15) is 0 Å². The second kappa shape index (κ2) is 5.05. The number of nitrogens with one attached hydrogen (secondary N) is 1. The Bertz CT molecular complexity index is 414. The maximum Gasteiger partial charge on any atom is 0.255 e. The topological polar surface area (TPSA) is 95.6 Å². The smallest absolute Gasteiger partial charge is 0.255 e. The number of anilines is 1. The van der Waals surface area contributed by atoms with Crippen molar-refractivity contribution in [1.82, 2.24) is 5.32 Å². The predicted molar refractivity (Wildman–Crippen MR) is 65.8 cm³/mol. The van der Waals surface area contributed by atoms with Gasteiger partial charge in [0.05, 0.1) is 23.4 Å². The lowest BCUT2D eigenvalue weighted by atomic mass is 9.99. The zero-order valence-corrected chi connectivity index (χ0v) is 10.0. The number of carbonyl (C=O) groups excluding carboxylic acids is 1. The molecule has 0 heterocycles. The van der Waals surface area contributed by atoms with E-state index in [1.165, 1.54) is 12.1 Å². The van der Waals surface area contributed by atoms with Crippen LogP contribution in [-0.4, -0.2) is 28.3 Å². The van der Waals surface area contributed by atoms with Gasteiger partial charge in [0.15, 0.2) is 5.75 Å². The summed E-state index contributed by atoms with van der Waals surface area (Å²) in [7, 11) is 0. The van der Waals surface area contributed by atoms with Crippen LogP contribution in [0.1, 0.15) is 30.6 Å². The molecule has 1 rings (SSSR count). The summed E-state index contributed by atoms with van der Waals surface area (Å²) in [5.41, 5.74) is 5.07. The summed E-state index contributed by atoms with van der Waals surface area (Å²) < 4.78 is 0. The summed E-state index contributed by atoms with van der Waals surface area (Å²) in [5, 5.41) is 21.5. The number of amides is 1. The van der Waals surface area contributed by atoms with Crippen molar-refractivity contribution in [3.05, 3.63) is 23.8 Å². The number of nitrogen functional groups attached to an aromatic ring is 1. The summed E-state index contributed by atoms with van der Waals surface area (Å²) in [4.78, 5) is 11.9. The molecule has 1 atom stereocenters. The second-order valence-corrected chi connectivity index (χ2v) is 4.27. The van der Waals surface area contributed by atoms with Gasteiger partial charge in [-0.05, 0) is 25.5 Å². The maximum absolute atomic E-state index is 11.9. The number of hydrogen-bond acceptors (Lipinski definition) is 4. The number of phenols is 1. The molecule has 0 aliphatic heterocycles. The Hall–Kier alpha value is -1.75. The number of rotatable bonds is 4. The number of carbonyl (C=O) groups is 1. The molecule has 1 aromatic rings. The Morgan fingerprint density at radius 3 is 2.71 bits per heavy atom. The van der Waals surface area contributed by atoms with Gasteiger partial charge in [-0.25, -0.2) is 0 Å². The number of phenolic OH excluding ortho intramolecular Hbond substituents is 1. The minimum atomic E-state index is -0.700. The zero-order valence-electron chi connectivity index (χ0n) is 10.0. The van der Waals surface area contributed by atoms with Gasteiger partial charge >= 0.3 is 0 Å². The number of aliphatic hydroxyl groups excluding tert-OH is 1. The van der Waals surface area contributed by atoms with E-state index in [-0.39, 0.29) is 23.6 Å². The average Bonchev–Trinajstić information content (AvgIpc) is 2.32. The Morgan fingerprint density at radius 1 is 1.53 bits per heavy atom. The van der Waals surface area contributed by atoms with Crippen molar-refractivity contribution in [3.8, 4) is 5.75 Å². The molecule has 0 fully saturated rings. The molecule has 0 aliphatic rings. The third-order valence-corrected chi connectivity index (χ3v) is 2.86. The lowest BCUT2D eigenvalue weighted by Crippen LogP contribution is -2.48. The Kier molecular flexibility index (Phi) is 3.96. The van der Waals surface area contributed by atoms with E-state index in [1.54, 1.807) is 13.0 Å². The van der Waals surface area contributed by atoms with Crippen LogP contribution in [0.2, 0.25) is 0 Å². The Balaban J connectivity index is 2.94. The van der Waals surface area contributed by atoms with E-state index >= 15 is 0 Å². The van der Waals surface area contributed by atoms with Crippen LogP contribution in [0, 0.1) is 0 Å². The lowest BCUT2D eigenvalue weighted by Gasteiger charge is -2.27. The molecule has 0 saturated heterocycles. The molecular weight excluding hydrogens is 220 g/mol. The van der Waals surface area contributed by atoms with Gasteiger partial charge in [-0.3, -0.25) is 4.79 Å². The lowest BCUT2D eigenvalue weighted by molar-refractivity contribution is 0.0845. The van der Waals surface area contributed by atoms with Gasteiger partial charge in [-0.2, -0.15) is 0 Å². The quantitative estimate of drug-likeness (QED) is 0.462. The number of aliphatic hydroxyl groups is 1. The van der Waals surface area contributed by atoms with E-state index in [9.17, 15) is 15.0 Å². The van der Waals surface area contributed by atoms with Crippen molar-refractivity contribution in [2.75, 3.05) is 12.3 Å². The molecule has 0 radical (unpaired) electrons. The molecule has 17 heavy (non-hydrogen) atoms. The molecule has 5 heteroatoms. The number of para-hydroxylation sites is 1. The fourth-order valence-corrected chi connectivity index (χ4v) is 1.33. The summed E-state index contributed by atoms with van der Waals surface area (Å²) in [5.74, 6) is -0.686. The maximum atomic E-state index is 11.9. The molecule has 0 aromatic heterocycles. The molecular formula is C12H18N2O3. The average molecular weight is 238 g/mol. The number of nitrogens with two attached hydrogens (primary N) is 1. The highest BCUT2D eigenvalue weighted by Crippen LogP contribution is 2.24. The van der Waals surface area contributed by atoms with Crippen molar-refractivity contribution in [2.45, 2.75) is 25.8 Å². The first-order valence-electron chi connectivity index (χ1n) is 5.44. The third-order valence-electron chi connectivity index (χ3n) is 2.86. The first-order chi connectivity index (χ1) is 7.93. The van der Waals surface area contributed by atoms with Gasteiger partial charge < -0.3 is 21.3 Å². The molecule has 0 saturated carbocycles. The molecule has 0 spiro atoms. The van der Waals surface area contributed by atoms with Crippen LogP contribution in [0.3, 0.4) is 0 Å².